The Bertz CT molecular complexity index is 1230. The highest BCUT2D eigenvalue weighted by Crippen LogP contribution is 2.57. The van der Waals surface area contributed by atoms with Gasteiger partial charge in [0.1, 0.15) is 10.6 Å². The fourth-order valence-corrected chi connectivity index (χ4v) is 8.48. The zero-order chi connectivity index (χ0) is 24.5. The Morgan fingerprint density at radius 3 is 2.71 bits per heavy atom. The Labute approximate surface area is 202 Å². The lowest BCUT2D eigenvalue weighted by Crippen LogP contribution is -2.65. The van der Waals surface area contributed by atoms with Gasteiger partial charge in [-0.2, -0.15) is 5.10 Å². The summed E-state index contributed by atoms with van der Waals surface area (Å²) in [6.45, 7) is 7.48. The second kappa shape index (κ2) is 7.83. The fraction of sp³-hybridized carbons (Fsp3) is 0.615. The highest BCUT2D eigenvalue weighted by molar-refractivity contribution is 7.91. The highest BCUT2D eigenvalue weighted by atomic mass is 32.2. The van der Waals surface area contributed by atoms with Crippen molar-refractivity contribution in [2.45, 2.75) is 69.2 Å². The molecule has 2 fully saturated rings. The summed E-state index contributed by atoms with van der Waals surface area (Å²) < 4.78 is 27.1. The Morgan fingerprint density at radius 2 is 2.00 bits per heavy atom. The van der Waals surface area contributed by atoms with Gasteiger partial charge in [0.25, 0.3) is 0 Å². The molecule has 2 bridgehead atoms. The number of fused-ring (bicyclic) bond motifs is 4. The van der Waals surface area contributed by atoms with E-state index >= 15 is 0 Å². The zero-order valence-corrected chi connectivity index (χ0v) is 21.3. The molecule has 4 atom stereocenters. The molecule has 1 aromatic heterocycles. The number of nitrogens with zero attached hydrogens (tertiary/aromatic N) is 3. The van der Waals surface area contributed by atoms with E-state index in [4.69, 9.17) is 0 Å². The van der Waals surface area contributed by atoms with Crippen LogP contribution in [-0.4, -0.2) is 52.5 Å². The molecule has 184 valence electrons. The molecule has 1 aromatic carbocycles. The second-order valence-corrected chi connectivity index (χ2v) is 13.4. The number of hydrogen-bond acceptors (Lipinski definition) is 5. The predicted octanol–water partition coefficient (Wildman–Crippen LogP) is 3.46. The Morgan fingerprint density at radius 1 is 1.24 bits per heavy atom. The van der Waals surface area contributed by atoms with Gasteiger partial charge >= 0.3 is 0 Å². The molecule has 3 aliphatic rings. The highest BCUT2D eigenvalue weighted by Gasteiger charge is 2.57. The summed E-state index contributed by atoms with van der Waals surface area (Å²) >= 11 is 0. The van der Waals surface area contributed by atoms with Crippen molar-refractivity contribution in [2.24, 2.45) is 24.3 Å². The van der Waals surface area contributed by atoms with Gasteiger partial charge < -0.3 is 10.0 Å². The van der Waals surface area contributed by atoms with Crippen molar-refractivity contribution in [3.63, 3.8) is 0 Å². The number of phenols is 1. The molecule has 1 N–H and O–H groups in total. The molecule has 34 heavy (non-hydrogen) atoms. The predicted molar refractivity (Wildman–Crippen MR) is 129 cm³/mol. The maximum absolute atomic E-state index is 13.8. The van der Waals surface area contributed by atoms with Crippen LogP contribution in [-0.2, 0) is 33.5 Å². The van der Waals surface area contributed by atoms with Crippen LogP contribution in [0.2, 0.25) is 0 Å². The Hall–Kier alpha value is -2.35. The number of carbonyl (C=O) groups excluding carboxylic acids is 1. The summed E-state index contributed by atoms with van der Waals surface area (Å²) in [6, 6.07) is 5.81. The number of aromatic nitrogens is 2. The number of piperidine rings is 1. The standard InChI is InChI=1S/C26H35N3O4S/c1-25(2)23-13-20-21(6-5-7-22(20)30)26(25,3)10-11-29(23)24(31)18-9-8-17(12-18)16-34(32,33)19-14-27-28(4)15-19/h5-7,14-15,17-18,23,30H,8-13,16H2,1-4H3/t17?,18-,23-,26+/m1/s1. The van der Waals surface area contributed by atoms with Gasteiger partial charge in [0.2, 0.25) is 5.91 Å². The third-order valence-corrected chi connectivity index (χ3v) is 11.1. The number of aryl methyl sites for hydroxylation is 1. The van der Waals surface area contributed by atoms with Crippen molar-refractivity contribution in [1.82, 2.24) is 14.7 Å². The van der Waals surface area contributed by atoms with Gasteiger partial charge in [0.15, 0.2) is 9.84 Å². The van der Waals surface area contributed by atoms with Crippen molar-refractivity contribution < 1.29 is 18.3 Å². The van der Waals surface area contributed by atoms with Gasteiger partial charge in [-0.15, -0.1) is 0 Å². The van der Waals surface area contributed by atoms with E-state index in [0.29, 0.717) is 25.1 Å². The van der Waals surface area contributed by atoms with Gasteiger partial charge in [0, 0.05) is 37.2 Å². The zero-order valence-electron chi connectivity index (χ0n) is 20.5. The minimum Gasteiger partial charge on any atom is -0.508 e. The molecule has 1 aliphatic heterocycles. The van der Waals surface area contributed by atoms with Crippen molar-refractivity contribution >= 4 is 15.7 Å². The van der Waals surface area contributed by atoms with Gasteiger partial charge in [-0.1, -0.05) is 32.9 Å². The van der Waals surface area contributed by atoms with Crippen LogP contribution in [0.4, 0.5) is 0 Å². The summed E-state index contributed by atoms with van der Waals surface area (Å²) in [5, 5.41) is 14.6. The third-order valence-electron chi connectivity index (χ3n) is 9.30. The molecule has 0 radical (unpaired) electrons. The largest absolute Gasteiger partial charge is 0.508 e. The summed E-state index contributed by atoms with van der Waals surface area (Å²) in [5.74, 6) is 0.384. The lowest BCUT2D eigenvalue weighted by atomic mass is 9.51. The quantitative estimate of drug-likeness (QED) is 0.716. The molecule has 7 nitrogen and oxygen atoms in total. The van der Waals surface area contributed by atoms with Crippen molar-refractivity contribution in [1.29, 1.82) is 0 Å². The number of phenolic OH excluding ortho intramolecular Hbond substituents is 1. The molecule has 1 amide bonds. The summed E-state index contributed by atoms with van der Waals surface area (Å²) in [7, 11) is -1.71. The van der Waals surface area contributed by atoms with Gasteiger partial charge in [-0.25, -0.2) is 8.42 Å². The van der Waals surface area contributed by atoms with Crippen molar-refractivity contribution in [3.05, 3.63) is 41.7 Å². The van der Waals surface area contributed by atoms with E-state index in [1.54, 1.807) is 13.1 Å². The van der Waals surface area contributed by atoms with Crippen molar-refractivity contribution in [2.75, 3.05) is 12.3 Å². The van der Waals surface area contributed by atoms with E-state index in [1.165, 1.54) is 22.6 Å². The number of likely N-dealkylation sites (tertiary alicyclic amines) is 1. The molecule has 2 aromatic rings. The SMILES string of the molecule is Cn1cc(S(=O)(=O)CC2CC[C@@H](C(=O)N3CC[C@@]4(C)c5cccc(O)c5C[C@@H]3C4(C)C)C2)cn1. The van der Waals surface area contributed by atoms with Crippen LogP contribution in [0.1, 0.15) is 57.6 Å². The molecule has 5 rings (SSSR count). The van der Waals surface area contributed by atoms with E-state index in [-0.39, 0.29) is 45.3 Å². The molecular formula is C26H35N3O4S. The van der Waals surface area contributed by atoms with E-state index in [2.05, 4.69) is 36.8 Å². The van der Waals surface area contributed by atoms with E-state index in [1.807, 2.05) is 6.07 Å². The smallest absolute Gasteiger partial charge is 0.225 e. The lowest BCUT2D eigenvalue weighted by molar-refractivity contribution is -0.148. The van der Waals surface area contributed by atoms with Crippen LogP contribution in [0.3, 0.4) is 0 Å². The van der Waals surface area contributed by atoms with E-state index < -0.39 is 9.84 Å². The number of carbonyl (C=O) groups is 1. The first kappa shape index (κ1) is 23.4. The molecule has 1 saturated carbocycles. The van der Waals surface area contributed by atoms with Crippen LogP contribution in [0.25, 0.3) is 0 Å². The average molecular weight is 486 g/mol. The van der Waals surface area contributed by atoms with Crippen LogP contribution in [0.15, 0.2) is 35.5 Å². The topological polar surface area (TPSA) is 92.5 Å². The number of benzene rings is 1. The minimum absolute atomic E-state index is 0.0118. The molecule has 1 unspecified atom stereocenters. The average Bonchev–Trinajstić information content (AvgIpc) is 3.40. The Kier molecular flexibility index (Phi) is 5.39. The number of hydrogen-bond donors (Lipinski definition) is 1. The maximum atomic E-state index is 13.8. The normalized spacial score (nSPS) is 30.2. The number of rotatable bonds is 4. The summed E-state index contributed by atoms with van der Waals surface area (Å²) in [4.78, 5) is 16.1. The van der Waals surface area contributed by atoms with Gasteiger partial charge in [0.05, 0.1) is 11.9 Å². The Balaban J connectivity index is 1.34. The number of aromatic hydroxyl groups is 1. The summed E-state index contributed by atoms with van der Waals surface area (Å²) in [5.41, 5.74) is 1.93. The first-order chi connectivity index (χ1) is 15.9. The van der Waals surface area contributed by atoms with Crippen LogP contribution in [0.5, 0.6) is 5.75 Å². The summed E-state index contributed by atoms with van der Waals surface area (Å²) in [6.07, 6.45) is 6.53. The second-order valence-electron chi connectivity index (χ2n) is 11.4. The minimum atomic E-state index is -3.41. The van der Waals surface area contributed by atoms with E-state index in [0.717, 1.165) is 24.8 Å². The van der Waals surface area contributed by atoms with Gasteiger partial charge in [-0.05, 0) is 60.6 Å². The monoisotopic (exact) mass is 485 g/mol. The first-order valence-electron chi connectivity index (χ1n) is 12.3. The van der Waals surface area contributed by atoms with Crippen LogP contribution >= 0.6 is 0 Å². The molecule has 1 saturated heterocycles. The maximum Gasteiger partial charge on any atom is 0.225 e. The third kappa shape index (κ3) is 3.48. The number of amides is 1. The molecule has 2 aliphatic carbocycles. The van der Waals surface area contributed by atoms with Gasteiger partial charge in [-0.3, -0.25) is 9.48 Å². The molecular weight excluding hydrogens is 450 g/mol. The molecule has 2 heterocycles. The first-order valence-corrected chi connectivity index (χ1v) is 13.9. The van der Waals surface area contributed by atoms with E-state index in [9.17, 15) is 18.3 Å². The fourth-order valence-electron chi connectivity index (χ4n) is 6.84. The van der Waals surface area contributed by atoms with Crippen LogP contribution < -0.4 is 0 Å². The van der Waals surface area contributed by atoms with Crippen molar-refractivity contribution in [3.8, 4) is 5.75 Å². The number of sulfone groups is 1. The molecule has 0 spiro atoms. The van der Waals surface area contributed by atoms with Crippen LogP contribution in [0, 0.1) is 17.3 Å². The molecule has 8 heteroatoms. The lowest BCUT2D eigenvalue weighted by Gasteiger charge is -2.61.